The second-order valence-electron chi connectivity index (χ2n) is 6.33. The third kappa shape index (κ3) is 2.40. The molecular weight excluding hydrogens is 288 g/mol. The van der Waals surface area contributed by atoms with E-state index in [1.54, 1.807) is 0 Å². The van der Waals surface area contributed by atoms with Crippen molar-refractivity contribution in [2.24, 2.45) is 17.6 Å². The number of benzene rings is 1. The molecule has 1 saturated carbocycles. The second kappa shape index (κ2) is 5.50. The first-order chi connectivity index (χ1) is 9.72. The lowest BCUT2D eigenvalue weighted by Crippen LogP contribution is -2.41. The highest BCUT2D eigenvalue weighted by molar-refractivity contribution is 5.85. The van der Waals surface area contributed by atoms with Crippen molar-refractivity contribution in [1.82, 2.24) is 4.90 Å². The summed E-state index contributed by atoms with van der Waals surface area (Å²) in [6, 6.07) is 8.20. The van der Waals surface area contributed by atoms with Gasteiger partial charge in [-0.2, -0.15) is 0 Å². The summed E-state index contributed by atoms with van der Waals surface area (Å²) >= 11 is 0. The molecule has 1 aromatic carbocycles. The summed E-state index contributed by atoms with van der Waals surface area (Å²) in [6.45, 7) is 1.69. The maximum Gasteiger partial charge on any atom is 0.264 e. The van der Waals surface area contributed by atoms with E-state index >= 15 is 0 Å². The molecule has 2 aliphatic heterocycles. The van der Waals surface area contributed by atoms with Gasteiger partial charge in [0.15, 0.2) is 6.10 Å². The minimum Gasteiger partial charge on any atom is -0.480 e. The van der Waals surface area contributed by atoms with Gasteiger partial charge >= 0.3 is 0 Å². The molecule has 5 heteroatoms. The zero-order valence-corrected chi connectivity index (χ0v) is 12.7. The first-order valence-corrected chi connectivity index (χ1v) is 7.51. The Morgan fingerprint density at radius 2 is 2.05 bits per heavy atom. The van der Waals surface area contributed by atoms with Gasteiger partial charge in [0.25, 0.3) is 5.91 Å². The lowest BCUT2D eigenvalue weighted by molar-refractivity contribution is -0.137. The standard InChI is InChI=1S/C16H20N2O2.ClH/c17-13-6-5-11-8-18(9-12(11)13)16(19)15-7-10-3-1-2-4-14(10)20-15;/h1-4,11-13,15H,5-9,17H2;1H. The molecule has 0 spiro atoms. The molecule has 4 atom stereocenters. The monoisotopic (exact) mass is 308 g/mol. The van der Waals surface area contributed by atoms with Crippen molar-refractivity contribution in [2.75, 3.05) is 13.1 Å². The summed E-state index contributed by atoms with van der Waals surface area (Å²) in [5.74, 6) is 2.12. The van der Waals surface area contributed by atoms with Crippen LogP contribution in [0, 0.1) is 11.8 Å². The number of rotatable bonds is 1. The van der Waals surface area contributed by atoms with Crippen LogP contribution >= 0.6 is 12.4 Å². The number of carbonyl (C=O) groups excluding carboxylic acids is 1. The van der Waals surface area contributed by atoms with E-state index in [2.05, 4.69) is 0 Å². The summed E-state index contributed by atoms with van der Waals surface area (Å²) < 4.78 is 5.81. The molecule has 4 rings (SSSR count). The van der Waals surface area contributed by atoms with Crippen LogP contribution in [0.3, 0.4) is 0 Å². The van der Waals surface area contributed by atoms with Gasteiger partial charge in [0.1, 0.15) is 5.75 Å². The highest BCUT2D eigenvalue weighted by Gasteiger charge is 2.44. The van der Waals surface area contributed by atoms with Crippen molar-refractivity contribution in [3.63, 3.8) is 0 Å². The number of likely N-dealkylation sites (tertiary alicyclic amines) is 1. The van der Waals surface area contributed by atoms with Gasteiger partial charge in [-0.05, 0) is 36.3 Å². The quantitative estimate of drug-likeness (QED) is 0.857. The van der Waals surface area contributed by atoms with Gasteiger partial charge in [0.2, 0.25) is 0 Å². The summed E-state index contributed by atoms with van der Waals surface area (Å²) in [7, 11) is 0. The first kappa shape index (κ1) is 14.7. The van der Waals surface area contributed by atoms with Crippen LogP contribution in [0.2, 0.25) is 0 Å². The van der Waals surface area contributed by atoms with Crippen molar-refractivity contribution in [3.8, 4) is 5.75 Å². The number of halogens is 1. The Labute approximate surface area is 131 Å². The number of hydrogen-bond acceptors (Lipinski definition) is 3. The van der Waals surface area contributed by atoms with Crippen molar-refractivity contribution in [1.29, 1.82) is 0 Å². The SMILES string of the molecule is Cl.NC1CCC2CN(C(=O)C3Cc4ccccc4O3)CC12. The summed E-state index contributed by atoms with van der Waals surface area (Å²) in [5.41, 5.74) is 7.28. The largest absolute Gasteiger partial charge is 0.480 e. The Hall–Kier alpha value is -1.26. The minimum absolute atomic E-state index is 0. The van der Waals surface area contributed by atoms with E-state index in [1.165, 1.54) is 6.42 Å². The fourth-order valence-corrected chi connectivity index (χ4v) is 4.01. The number of ether oxygens (including phenoxy) is 1. The van der Waals surface area contributed by atoms with Crippen LogP contribution in [0.1, 0.15) is 18.4 Å². The molecule has 2 heterocycles. The second-order valence-corrected chi connectivity index (χ2v) is 6.33. The number of carbonyl (C=O) groups is 1. The molecule has 4 unspecified atom stereocenters. The van der Waals surface area contributed by atoms with E-state index in [0.717, 1.165) is 30.8 Å². The Kier molecular flexibility index (Phi) is 3.84. The molecule has 21 heavy (non-hydrogen) atoms. The number of fused-ring (bicyclic) bond motifs is 2. The number of hydrogen-bond donors (Lipinski definition) is 1. The van der Waals surface area contributed by atoms with Gasteiger partial charge in [-0.25, -0.2) is 0 Å². The van der Waals surface area contributed by atoms with E-state index in [-0.39, 0.29) is 30.5 Å². The molecule has 114 valence electrons. The van der Waals surface area contributed by atoms with Crippen molar-refractivity contribution >= 4 is 18.3 Å². The fourth-order valence-electron chi connectivity index (χ4n) is 4.01. The predicted molar refractivity (Wildman–Crippen MR) is 82.6 cm³/mol. The molecule has 0 bridgehead atoms. The Bertz CT molecular complexity index is 526. The number of amides is 1. The molecule has 4 nitrogen and oxygen atoms in total. The van der Waals surface area contributed by atoms with Crippen LogP contribution < -0.4 is 10.5 Å². The molecule has 2 fully saturated rings. The third-order valence-corrected chi connectivity index (χ3v) is 5.15. The van der Waals surface area contributed by atoms with Crippen molar-refractivity contribution in [2.45, 2.75) is 31.4 Å². The van der Waals surface area contributed by atoms with Crippen LogP contribution in [0.15, 0.2) is 24.3 Å². The van der Waals surface area contributed by atoms with Gasteiger partial charge in [-0.3, -0.25) is 4.79 Å². The van der Waals surface area contributed by atoms with E-state index in [9.17, 15) is 4.79 Å². The van der Waals surface area contributed by atoms with Crippen LogP contribution in [0.4, 0.5) is 0 Å². The first-order valence-electron chi connectivity index (χ1n) is 7.51. The van der Waals surface area contributed by atoms with Crippen LogP contribution in [-0.4, -0.2) is 36.0 Å². The lowest BCUT2D eigenvalue weighted by Gasteiger charge is -2.22. The van der Waals surface area contributed by atoms with Crippen LogP contribution in [0.25, 0.3) is 0 Å². The van der Waals surface area contributed by atoms with E-state index in [0.29, 0.717) is 18.3 Å². The van der Waals surface area contributed by atoms with E-state index in [1.807, 2.05) is 29.2 Å². The zero-order valence-electron chi connectivity index (χ0n) is 11.9. The van der Waals surface area contributed by atoms with Gasteiger partial charge < -0.3 is 15.4 Å². The average Bonchev–Trinajstić information content (AvgIpc) is 3.13. The molecule has 3 aliphatic rings. The maximum atomic E-state index is 12.6. The fraction of sp³-hybridized carbons (Fsp3) is 0.562. The maximum absolute atomic E-state index is 12.6. The molecule has 0 radical (unpaired) electrons. The van der Waals surface area contributed by atoms with Gasteiger partial charge in [-0.15, -0.1) is 12.4 Å². The lowest BCUT2D eigenvalue weighted by atomic mass is 9.98. The Morgan fingerprint density at radius 3 is 2.81 bits per heavy atom. The smallest absolute Gasteiger partial charge is 0.264 e. The third-order valence-electron chi connectivity index (χ3n) is 5.15. The molecule has 2 N–H and O–H groups in total. The average molecular weight is 309 g/mol. The topological polar surface area (TPSA) is 55.6 Å². The zero-order chi connectivity index (χ0) is 13.7. The summed E-state index contributed by atoms with van der Waals surface area (Å²) in [5, 5.41) is 0. The molecule has 0 aromatic heterocycles. The van der Waals surface area contributed by atoms with Gasteiger partial charge in [-0.1, -0.05) is 18.2 Å². The molecule has 1 aromatic rings. The van der Waals surface area contributed by atoms with E-state index < -0.39 is 0 Å². The highest BCUT2D eigenvalue weighted by atomic mass is 35.5. The normalized spacial score (nSPS) is 33.1. The highest BCUT2D eigenvalue weighted by Crippen LogP contribution is 2.38. The molecule has 1 amide bonds. The number of nitrogens with two attached hydrogens (primary N) is 1. The predicted octanol–water partition coefficient (Wildman–Crippen LogP) is 1.61. The molecular formula is C16H21ClN2O2. The Balaban J connectivity index is 0.00000132. The van der Waals surface area contributed by atoms with Gasteiger partial charge in [0.05, 0.1) is 0 Å². The Morgan fingerprint density at radius 1 is 1.24 bits per heavy atom. The number of nitrogens with zero attached hydrogens (tertiary/aromatic N) is 1. The molecule has 1 saturated heterocycles. The number of para-hydroxylation sites is 1. The van der Waals surface area contributed by atoms with E-state index in [4.69, 9.17) is 10.5 Å². The summed E-state index contributed by atoms with van der Waals surface area (Å²) in [6.07, 6.45) is 2.65. The molecule has 1 aliphatic carbocycles. The van der Waals surface area contributed by atoms with Crippen LogP contribution in [-0.2, 0) is 11.2 Å². The van der Waals surface area contributed by atoms with Crippen molar-refractivity contribution < 1.29 is 9.53 Å². The minimum atomic E-state index is -0.331. The van der Waals surface area contributed by atoms with Gasteiger partial charge in [0, 0.05) is 25.6 Å². The summed E-state index contributed by atoms with van der Waals surface area (Å²) in [4.78, 5) is 14.6. The van der Waals surface area contributed by atoms with Crippen molar-refractivity contribution in [3.05, 3.63) is 29.8 Å². The van der Waals surface area contributed by atoms with Crippen LogP contribution in [0.5, 0.6) is 5.75 Å².